The first-order valence-corrected chi connectivity index (χ1v) is 19.0. The topological polar surface area (TPSA) is 38.5 Å². The molecule has 5 saturated carbocycles. The highest BCUT2D eigenvalue weighted by atomic mass is 19.1. The standard InChI is InChI=1S/C37H60FN3O2/c1-26(2)24-41-32-22-28(38)13-14-29(32)35(15-7-3-8-16-35)37(41)25-39-34-33(43-37)23-31(40-18-20-42-21-19-40)30-12-6-9-17-36(30,34)27-10-4-5-11-27/h25-34H,3-24H2,1-2H3/p+1. The van der Waals surface area contributed by atoms with Crippen LogP contribution in [0.4, 0.5) is 4.39 Å². The monoisotopic (exact) mass is 598 g/mol. The number of aliphatic imine (C=N–C) groups is 1. The lowest BCUT2D eigenvalue weighted by atomic mass is 9.49. The number of nitrogens with zero attached hydrogens (tertiary/aromatic N) is 2. The van der Waals surface area contributed by atoms with E-state index in [1.807, 2.05) is 0 Å². The maximum atomic E-state index is 15.3. The van der Waals surface area contributed by atoms with Crippen LogP contribution >= 0.6 is 0 Å². The van der Waals surface area contributed by atoms with Gasteiger partial charge in [0.25, 0.3) is 0 Å². The van der Waals surface area contributed by atoms with E-state index in [0.717, 1.165) is 63.9 Å². The molecule has 8 aliphatic rings. The number of nitrogens with one attached hydrogen (secondary N) is 1. The molecule has 0 amide bonds. The molecule has 0 aromatic carbocycles. The van der Waals surface area contributed by atoms with Crippen LogP contribution in [0.2, 0.25) is 0 Å². The van der Waals surface area contributed by atoms with E-state index in [-0.39, 0.29) is 11.5 Å². The van der Waals surface area contributed by atoms with Crippen LogP contribution in [0.25, 0.3) is 0 Å². The lowest BCUT2D eigenvalue weighted by Gasteiger charge is -2.63. The minimum atomic E-state index is -0.669. The van der Waals surface area contributed by atoms with E-state index in [4.69, 9.17) is 14.5 Å². The van der Waals surface area contributed by atoms with Gasteiger partial charge in [0.2, 0.25) is 0 Å². The summed E-state index contributed by atoms with van der Waals surface area (Å²) in [5, 5.41) is 0. The molecule has 8 rings (SSSR count). The van der Waals surface area contributed by atoms with Crippen LogP contribution in [0.1, 0.15) is 123 Å². The van der Waals surface area contributed by atoms with Crippen molar-refractivity contribution in [2.45, 2.75) is 159 Å². The zero-order valence-electron chi connectivity index (χ0n) is 27.4. The fourth-order valence-corrected chi connectivity index (χ4v) is 13.4. The van der Waals surface area contributed by atoms with E-state index < -0.39 is 11.9 Å². The zero-order chi connectivity index (χ0) is 29.2. The Hall–Kier alpha value is -0.560. The quantitative estimate of drug-likeness (QED) is 0.431. The van der Waals surface area contributed by atoms with Gasteiger partial charge in [-0.2, -0.15) is 0 Å². The second kappa shape index (κ2) is 11.6. The highest BCUT2D eigenvalue weighted by Crippen LogP contribution is 2.67. The smallest absolute Gasteiger partial charge is 0.164 e. The summed E-state index contributed by atoms with van der Waals surface area (Å²) in [6.45, 7) is 9.82. The van der Waals surface area contributed by atoms with Gasteiger partial charge in [-0.25, -0.2) is 4.39 Å². The molecule has 3 aliphatic heterocycles. The molecule has 0 radical (unpaired) electrons. The maximum absolute atomic E-state index is 15.3. The van der Waals surface area contributed by atoms with Gasteiger partial charge in [0.1, 0.15) is 19.3 Å². The molecule has 9 atom stereocenters. The Kier molecular flexibility index (Phi) is 8.04. The van der Waals surface area contributed by atoms with E-state index >= 15 is 4.39 Å². The Morgan fingerprint density at radius 1 is 0.884 bits per heavy atom. The van der Waals surface area contributed by atoms with Crippen molar-refractivity contribution in [2.24, 2.45) is 39.5 Å². The highest BCUT2D eigenvalue weighted by molar-refractivity contribution is 5.73. The van der Waals surface area contributed by atoms with Gasteiger partial charge < -0.3 is 14.4 Å². The number of quaternary nitrogens is 1. The third kappa shape index (κ3) is 4.52. The van der Waals surface area contributed by atoms with Gasteiger partial charge in [0, 0.05) is 42.0 Å². The molecule has 5 nitrogen and oxygen atoms in total. The third-order valence-corrected chi connectivity index (χ3v) is 14.8. The van der Waals surface area contributed by atoms with Crippen LogP contribution in [-0.2, 0) is 9.47 Å². The van der Waals surface area contributed by atoms with E-state index in [1.165, 1.54) is 83.5 Å². The first kappa shape index (κ1) is 29.8. The van der Waals surface area contributed by atoms with E-state index in [0.29, 0.717) is 41.8 Å². The lowest BCUT2D eigenvalue weighted by molar-refractivity contribution is -0.940. The first-order valence-electron chi connectivity index (χ1n) is 19.0. The number of rotatable bonds is 4. The minimum Gasteiger partial charge on any atom is -0.370 e. The van der Waals surface area contributed by atoms with Crippen LogP contribution in [0.3, 0.4) is 0 Å². The molecule has 242 valence electrons. The average molecular weight is 599 g/mol. The summed E-state index contributed by atoms with van der Waals surface area (Å²) < 4.78 is 29.2. The Balaban J connectivity index is 1.25. The molecule has 0 bridgehead atoms. The number of morpholine rings is 1. The number of hydrogen-bond donors (Lipinski definition) is 1. The Bertz CT molecular complexity index is 1020. The van der Waals surface area contributed by atoms with E-state index in [2.05, 4.69) is 25.0 Å². The minimum absolute atomic E-state index is 0.0880. The zero-order valence-corrected chi connectivity index (χ0v) is 27.4. The highest BCUT2D eigenvalue weighted by Gasteiger charge is 2.72. The molecule has 6 heteroatoms. The summed E-state index contributed by atoms with van der Waals surface area (Å²) in [6, 6.07) is 1.26. The molecule has 0 aromatic rings. The van der Waals surface area contributed by atoms with Crippen molar-refractivity contribution >= 4 is 6.21 Å². The maximum Gasteiger partial charge on any atom is 0.164 e. The molecular formula is C37H61FN3O2+. The van der Waals surface area contributed by atoms with Crippen molar-refractivity contribution in [1.29, 1.82) is 0 Å². The van der Waals surface area contributed by atoms with Crippen LogP contribution in [0.5, 0.6) is 0 Å². The van der Waals surface area contributed by atoms with Crippen molar-refractivity contribution in [3.63, 3.8) is 0 Å². The molecule has 5 aliphatic carbocycles. The molecule has 7 fully saturated rings. The molecular weight excluding hydrogens is 537 g/mol. The summed E-state index contributed by atoms with van der Waals surface area (Å²) in [6.07, 6.45) is 23.1. The Morgan fingerprint density at radius 2 is 1.63 bits per heavy atom. The van der Waals surface area contributed by atoms with Crippen LogP contribution in [0, 0.1) is 34.5 Å². The van der Waals surface area contributed by atoms with Crippen molar-refractivity contribution in [3.05, 3.63) is 0 Å². The van der Waals surface area contributed by atoms with Gasteiger partial charge in [-0.15, -0.1) is 0 Å². The third-order valence-electron chi connectivity index (χ3n) is 14.8. The van der Waals surface area contributed by atoms with Gasteiger partial charge in [0.15, 0.2) is 5.72 Å². The lowest BCUT2D eigenvalue weighted by Crippen LogP contribution is -3.19. The van der Waals surface area contributed by atoms with Crippen molar-refractivity contribution in [3.8, 4) is 0 Å². The van der Waals surface area contributed by atoms with Crippen LogP contribution in [0.15, 0.2) is 4.99 Å². The summed E-state index contributed by atoms with van der Waals surface area (Å²) in [4.78, 5) is 10.5. The molecule has 0 aromatic heterocycles. The fraction of sp³-hybridized carbons (Fsp3) is 0.973. The van der Waals surface area contributed by atoms with Crippen molar-refractivity contribution < 1.29 is 18.8 Å². The van der Waals surface area contributed by atoms with Gasteiger partial charge in [-0.3, -0.25) is 9.89 Å². The normalized spacial score (nSPS) is 47.2. The summed E-state index contributed by atoms with van der Waals surface area (Å²) in [7, 11) is 0. The number of hydrogen-bond acceptors (Lipinski definition) is 4. The largest absolute Gasteiger partial charge is 0.370 e. The fourth-order valence-electron chi connectivity index (χ4n) is 13.4. The van der Waals surface area contributed by atoms with Gasteiger partial charge >= 0.3 is 0 Å². The number of fused-ring (bicyclic) bond motifs is 6. The van der Waals surface area contributed by atoms with Gasteiger partial charge in [-0.1, -0.05) is 58.8 Å². The molecule has 9 unspecified atom stereocenters. The van der Waals surface area contributed by atoms with Crippen molar-refractivity contribution in [1.82, 2.24) is 4.90 Å². The van der Waals surface area contributed by atoms with E-state index in [9.17, 15) is 0 Å². The number of ether oxygens (including phenoxy) is 2. The van der Waals surface area contributed by atoms with Gasteiger partial charge in [0.05, 0.1) is 31.4 Å². The summed E-state index contributed by atoms with van der Waals surface area (Å²) in [5.41, 5.74) is -0.0735. The van der Waals surface area contributed by atoms with Crippen LogP contribution < -0.4 is 4.90 Å². The van der Waals surface area contributed by atoms with Crippen molar-refractivity contribution in [2.75, 3.05) is 32.8 Å². The molecule has 1 N–H and O–H groups in total. The predicted molar refractivity (Wildman–Crippen MR) is 169 cm³/mol. The SMILES string of the molecule is CC(C)CN1C2CC(F)CCC2C2(CCCCC2)C12C=NC1C(CC([NH+]3CCOCC3)C3CCCCC31C1CCCC1)O2. The first-order chi connectivity index (χ1) is 21.0. The molecule has 2 spiro atoms. The Labute approximate surface area is 261 Å². The second-order valence-corrected chi connectivity index (χ2v) is 17.0. The Morgan fingerprint density at radius 3 is 2.40 bits per heavy atom. The van der Waals surface area contributed by atoms with Crippen LogP contribution in [-0.4, -0.2) is 80.1 Å². The molecule has 2 saturated heterocycles. The molecule has 43 heavy (non-hydrogen) atoms. The van der Waals surface area contributed by atoms with Gasteiger partial charge in [-0.05, 0) is 75.5 Å². The number of alkyl halides is 1. The number of likely N-dealkylation sites (tertiary alicyclic amines) is 1. The summed E-state index contributed by atoms with van der Waals surface area (Å²) in [5.74, 6) is 2.63. The predicted octanol–water partition coefficient (Wildman–Crippen LogP) is 6.00. The average Bonchev–Trinajstić information content (AvgIpc) is 3.64. The summed E-state index contributed by atoms with van der Waals surface area (Å²) >= 11 is 0. The number of halogens is 1. The second-order valence-electron chi connectivity index (χ2n) is 17.0. The molecule has 3 heterocycles. The van der Waals surface area contributed by atoms with E-state index in [1.54, 1.807) is 4.90 Å².